The van der Waals surface area contributed by atoms with E-state index in [1.54, 1.807) is 35.0 Å². The first-order chi connectivity index (χ1) is 19.9. The quantitative estimate of drug-likeness (QED) is 0.190. The monoisotopic (exact) mass is 557 g/mol. The third-order valence-electron chi connectivity index (χ3n) is 7.33. The molecule has 0 radical (unpaired) electrons. The number of piperazine rings is 1. The number of benzene rings is 3. The molecular weight excluding hydrogens is 525 g/mol. The minimum atomic E-state index is -0.470. The van der Waals surface area contributed by atoms with Crippen LogP contribution in [0.1, 0.15) is 21.5 Å². The molecule has 1 fully saturated rings. The number of esters is 1. The second kappa shape index (κ2) is 12.3. The Morgan fingerprint density at radius 1 is 0.976 bits per heavy atom. The fraction of sp³-hybridized carbons (Fsp3) is 0.258. The maximum Gasteiger partial charge on any atom is 0.337 e. The molecule has 0 spiro atoms. The van der Waals surface area contributed by atoms with Gasteiger partial charge in [0.2, 0.25) is 5.91 Å². The smallest absolute Gasteiger partial charge is 0.337 e. The number of aliphatic imine (C=N–C) groups is 1. The van der Waals surface area contributed by atoms with Crippen LogP contribution in [0.3, 0.4) is 0 Å². The first kappa shape index (κ1) is 28.0. The van der Waals surface area contributed by atoms with Crippen molar-refractivity contribution in [1.29, 1.82) is 0 Å². The number of methoxy groups -OCH3 is 1. The maximum absolute atomic E-state index is 12.9. The van der Waals surface area contributed by atoms with Gasteiger partial charge in [-0.2, -0.15) is 0 Å². The molecule has 0 saturated carbocycles. The van der Waals surface area contributed by atoms with Crippen LogP contribution in [0.2, 0.25) is 0 Å². The molecule has 3 aromatic carbocycles. The van der Waals surface area contributed by atoms with Crippen LogP contribution in [0.5, 0.6) is 5.88 Å². The number of rotatable bonds is 8. The van der Waals surface area contributed by atoms with Crippen molar-refractivity contribution >= 4 is 39.9 Å². The molecule has 212 valence electrons. The number of ether oxygens (including phenoxy) is 1. The van der Waals surface area contributed by atoms with E-state index in [1.165, 1.54) is 7.11 Å². The van der Waals surface area contributed by atoms with E-state index in [0.29, 0.717) is 59.6 Å². The molecule has 1 aliphatic rings. The third-order valence-corrected chi connectivity index (χ3v) is 7.33. The van der Waals surface area contributed by atoms with Gasteiger partial charge in [-0.25, -0.2) is 14.2 Å². The van der Waals surface area contributed by atoms with Gasteiger partial charge >= 0.3 is 5.97 Å². The predicted molar refractivity (Wildman–Crippen MR) is 157 cm³/mol. The number of aromatic nitrogens is 1. The lowest BCUT2D eigenvalue weighted by Gasteiger charge is -2.33. The second-order valence-electron chi connectivity index (χ2n) is 9.91. The van der Waals surface area contributed by atoms with Crippen LogP contribution in [0.15, 0.2) is 77.8 Å². The summed E-state index contributed by atoms with van der Waals surface area (Å²) in [6.45, 7) is 2.35. The van der Waals surface area contributed by atoms with Gasteiger partial charge in [-0.3, -0.25) is 14.6 Å². The zero-order valence-electron chi connectivity index (χ0n) is 23.0. The Balaban J connectivity index is 1.42. The summed E-state index contributed by atoms with van der Waals surface area (Å²) in [6.07, 6.45) is 0. The average molecular weight is 558 g/mol. The minimum absolute atomic E-state index is 0.0463. The molecule has 1 amide bonds. The van der Waals surface area contributed by atoms with Gasteiger partial charge < -0.3 is 19.7 Å². The molecule has 4 aromatic rings. The van der Waals surface area contributed by atoms with E-state index < -0.39 is 12.8 Å². The van der Waals surface area contributed by atoms with Gasteiger partial charge in [-0.1, -0.05) is 36.4 Å². The molecule has 0 unspecified atom stereocenters. The van der Waals surface area contributed by atoms with Crippen molar-refractivity contribution in [2.24, 2.45) is 4.99 Å². The number of H-pyrrole nitrogens is 1. The summed E-state index contributed by atoms with van der Waals surface area (Å²) in [4.78, 5) is 38.2. The Kier molecular flexibility index (Phi) is 8.42. The Labute approximate surface area is 237 Å². The Bertz CT molecular complexity index is 1560. The largest absolute Gasteiger partial charge is 0.494 e. The SMILES string of the molecule is COC(=O)c1ccc2c(C(=Nc3ccc(N(C)C(=O)CN4CCN(CF)CC4)cc3)c3ccccc3)c(O)[nH]c2c1. The van der Waals surface area contributed by atoms with E-state index in [-0.39, 0.29) is 18.3 Å². The number of anilines is 1. The molecule has 5 rings (SSSR count). The fourth-order valence-corrected chi connectivity index (χ4v) is 4.92. The summed E-state index contributed by atoms with van der Waals surface area (Å²) in [5.41, 5.74) is 4.15. The predicted octanol–water partition coefficient (Wildman–Crippen LogP) is 4.34. The lowest BCUT2D eigenvalue weighted by atomic mass is 10.00. The van der Waals surface area contributed by atoms with Gasteiger partial charge in [0.25, 0.3) is 0 Å². The van der Waals surface area contributed by atoms with Gasteiger partial charge in [0.1, 0.15) is 6.80 Å². The van der Waals surface area contributed by atoms with Crippen molar-refractivity contribution in [1.82, 2.24) is 14.8 Å². The molecular formula is C31H32FN5O4. The number of hydrogen-bond acceptors (Lipinski definition) is 7. The molecule has 1 aromatic heterocycles. The number of alkyl halides is 1. The van der Waals surface area contributed by atoms with Crippen molar-refractivity contribution in [3.8, 4) is 5.88 Å². The number of carbonyl (C=O) groups is 2. The summed E-state index contributed by atoms with van der Waals surface area (Å²) < 4.78 is 17.7. The third kappa shape index (κ3) is 6.13. The van der Waals surface area contributed by atoms with E-state index in [1.807, 2.05) is 59.5 Å². The van der Waals surface area contributed by atoms with Crippen molar-refractivity contribution in [2.75, 3.05) is 58.6 Å². The highest BCUT2D eigenvalue weighted by molar-refractivity contribution is 6.22. The molecule has 9 nitrogen and oxygen atoms in total. The zero-order chi connectivity index (χ0) is 28.9. The van der Waals surface area contributed by atoms with Crippen LogP contribution in [0.4, 0.5) is 15.8 Å². The molecule has 0 atom stereocenters. The number of fused-ring (bicyclic) bond motifs is 1. The van der Waals surface area contributed by atoms with E-state index in [9.17, 15) is 19.1 Å². The number of nitrogens with zero attached hydrogens (tertiary/aromatic N) is 4. The Morgan fingerprint density at radius 3 is 2.32 bits per heavy atom. The van der Waals surface area contributed by atoms with E-state index in [0.717, 1.165) is 11.3 Å². The summed E-state index contributed by atoms with van der Waals surface area (Å²) in [7, 11) is 3.06. The Hall–Kier alpha value is -4.54. The summed E-state index contributed by atoms with van der Waals surface area (Å²) in [5, 5.41) is 11.7. The number of aromatic amines is 1. The second-order valence-corrected chi connectivity index (χ2v) is 9.91. The maximum atomic E-state index is 12.9. The van der Waals surface area contributed by atoms with Crippen LogP contribution < -0.4 is 4.90 Å². The number of hydrogen-bond donors (Lipinski definition) is 2. The highest BCUT2D eigenvalue weighted by Crippen LogP contribution is 2.32. The number of nitrogens with one attached hydrogen (secondary N) is 1. The summed E-state index contributed by atoms with van der Waals surface area (Å²) >= 11 is 0. The number of carbonyl (C=O) groups excluding carboxylic acids is 2. The van der Waals surface area contributed by atoms with Crippen LogP contribution in [0, 0.1) is 0 Å². The molecule has 41 heavy (non-hydrogen) atoms. The average Bonchev–Trinajstić information content (AvgIpc) is 3.34. The van der Waals surface area contributed by atoms with Crippen molar-refractivity contribution in [3.63, 3.8) is 0 Å². The zero-order valence-corrected chi connectivity index (χ0v) is 23.0. The summed E-state index contributed by atoms with van der Waals surface area (Å²) in [6, 6.07) is 21.9. The number of amides is 1. The molecule has 10 heteroatoms. The standard InChI is InChI=1S/C31H32FN5O4/c1-35(27(38)19-36-14-16-37(20-32)17-15-36)24-11-9-23(10-12-24)33-29(21-6-4-3-5-7-21)28-25-13-8-22(31(40)41-2)18-26(25)34-30(28)39/h3-13,18,34,39H,14-17,19-20H2,1-2H3. The van der Waals surface area contributed by atoms with Crippen molar-refractivity contribution in [2.45, 2.75) is 0 Å². The van der Waals surface area contributed by atoms with Crippen molar-refractivity contribution < 1.29 is 23.8 Å². The molecule has 2 N–H and O–H groups in total. The van der Waals surface area contributed by atoms with Crippen LogP contribution in [0.25, 0.3) is 10.9 Å². The minimum Gasteiger partial charge on any atom is -0.494 e. The van der Waals surface area contributed by atoms with Gasteiger partial charge in [0.05, 0.1) is 36.2 Å². The number of halogens is 1. The summed E-state index contributed by atoms with van der Waals surface area (Å²) in [5.74, 6) is -0.587. The first-order valence-electron chi connectivity index (χ1n) is 13.3. The van der Waals surface area contributed by atoms with E-state index in [4.69, 9.17) is 9.73 Å². The van der Waals surface area contributed by atoms with Gasteiger partial charge in [-0.05, 0) is 36.4 Å². The number of aromatic hydroxyl groups is 1. The molecule has 0 aliphatic carbocycles. The topological polar surface area (TPSA) is 101 Å². The van der Waals surface area contributed by atoms with Crippen molar-refractivity contribution in [3.05, 3.63) is 89.5 Å². The van der Waals surface area contributed by atoms with Gasteiger partial charge in [0, 0.05) is 55.4 Å². The van der Waals surface area contributed by atoms with Gasteiger partial charge in [-0.15, -0.1) is 0 Å². The van der Waals surface area contributed by atoms with Crippen LogP contribution in [-0.4, -0.2) is 91.2 Å². The highest BCUT2D eigenvalue weighted by Gasteiger charge is 2.22. The normalized spacial score (nSPS) is 14.8. The molecule has 2 heterocycles. The van der Waals surface area contributed by atoms with Crippen LogP contribution in [-0.2, 0) is 9.53 Å². The lowest BCUT2D eigenvalue weighted by Crippen LogP contribution is -2.49. The molecule has 1 saturated heterocycles. The van der Waals surface area contributed by atoms with E-state index in [2.05, 4.69) is 4.98 Å². The molecule has 0 bridgehead atoms. The van der Waals surface area contributed by atoms with E-state index >= 15 is 0 Å². The van der Waals surface area contributed by atoms with Gasteiger partial charge in [0.15, 0.2) is 5.88 Å². The fourth-order valence-electron chi connectivity index (χ4n) is 4.92. The van der Waals surface area contributed by atoms with Crippen LogP contribution >= 0.6 is 0 Å². The first-order valence-corrected chi connectivity index (χ1v) is 13.3. The lowest BCUT2D eigenvalue weighted by molar-refractivity contribution is -0.119. The highest BCUT2D eigenvalue weighted by atomic mass is 19.1. The number of likely N-dealkylation sites (N-methyl/N-ethyl adjacent to an activating group) is 1. The molecule has 1 aliphatic heterocycles. The Morgan fingerprint density at radius 2 is 1.66 bits per heavy atom.